The number of carboxylic acid groups (broad SMARTS) is 1. The second-order valence-electron chi connectivity index (χ2n) is 6.16. The molecular weight excluding hydrogens is 444 g/mol. The van der Waals surface area contributed by atoms with Crippen molar-refractivity contribution in [2.75, 3.05) is 7.05 Å². The third-order valence-corrected chi connectivity index (χ3v) is 4.79. The second-order valence-corrected chi connectivity index (χ2v) is 7.02. The van der Waals surface area contributed by atoms with Gasteiger partial charge in [-0.1, -0.05) is 18.2 Å². The molecule has 2 aromatic carbocycles. The maximum absolute atomic E-state index is 12.1. The standard InChI is InChI=1S/C20H15BrN2O6/c1-23-18(25)14(17(24)22-20(23)28)8-12-4-7-16(15(21)9-12)29-10-11-2-5-13(6-3-11)19(26)27/h2-9H,10H2,1H3,(H,26,27)(H,22,24,28)/b14-8+. The molecule has 0 radical (unpaired) electrons. The minimum absolute atomic E-state index is 0.147. The molecule has 2 aromatic rings. The van der Waals surface area contributed by atoms with Crippen LogP contribution in [0.25, 0.3) is 6.08 Å². The normalized spacial score (nSPS) is 15.4. The summed E-state index contributed by atoms with van der Waals surface area (Å²) in [6.07, 6.45) is 1.39. The Labute approximate surface area is 173 Å². The SMILES string of the molecule is CN1C(=O)NC(=O)/C(=C\c2ccc(OCc3ccc(C(=O)O)cc3)c(Br)c2)C1=O. The van der Waals surface area contributed by atoms with Crippen molar-refractivity contribution in [1.29, 1.82) is 0 Å². The van der Waals surface area contributed by atoms with Gasteiger partial charge in [-0.05, 0) is 57.4 Å². The highest BCUT2D eigenvalue weighted by atomic mass is 79.9. The van der Waals surface area contributed by atoms with Crippen LogP contribution in [0, 0.1) is 0 Å². The highest BCUT2D eigenvalue weighted by Crippen LogP contribution is 2.28. The fraction of sp³-hybridized carbons (Fsp3) is 0.100. The molecule has 148 valence electrons. The Morgan fingerprint density at radius 1 is 1.17 bits per heavy atom. The lowest BCUT2D eigenvalue weighted by molar-refractivity contribution is -0.129. The van der Waals surface area contributed by atoms with Gasteiger partial charge in [-0.25, -0.2) is 9.59 Å². The van der Waals surface area contributed by atoms with E-state index < -0.39 is 23.8 Å². The van der Waals surface area contributed by atoms with Crippen LogP contribution in [0.2, 0.25) is 0 Å². The summed E-state index contributed by atoms with van der Waals surface area (Å²) in [5.74, 6) is -1.90. The molecule has 0 atom stereocenters. The third-order valence-electron chi connectivity index (χ3n) is 4.17. The van der Waals surface area contributed by atoms with E-state index in [0.717, 1.165) is 10.5 Å². The molecule has 2 N–H and O–H groups in total. The number of urea groups is 1. The van der Waals surface area contributed by atoms with Crippen LogP contribution in [0.3, 0.4) is 0 Å². The van der Waals surface area contributed by atoms with Crippen molar-refractivity contribution in [3.8, 4) is 5.75 Å². The quantitative estimate of drug-likeness (QED) is 0.525. The number of benzene rings is 2. The Balaban J connectivity index is 1.73. The number of amides is 4. The molecule has 9 heteroatoms. The summed E-state index contributed by atoms with van der Waals surface area (Å²) in [6.45, 7) is 0.229. The van der Waals surface area contributed by atoms with Crippen molar-refractivity contribution in [3.63, 3.8) is 0 Å². The topological polar surface area (TPSA) is 113 Å². The number of hydrogen-bond acceptors (Lipinski definition) is 5. The number of halogens is 1. The molecule has 29 heavy (non-hydrogen) atoms. The first-order valence-electron chi connectivity index (χ1n) is 8.36. The summed E-state index contributed by atoms with van der Waals surface area (Å²) in [4.78, 5) is 47.2. The lowest BCUT2D eigenvalue weighted by Gasteiger charge is -2.22. The zero-order chi connectivity index (χ0) is 21.1. The Hall–Kier alpha value is -3.46. The Morgan fingerprint density at radius 3 is 2.48 bits per heavy atom. The van der Waals surface area contributed by atoms with Crippen LogP contribution >= 0.6 is 15.9 Å². The summed E-state index contributed by atoms with van der Waals surface area (Å²) in [5, 5.41) is 11.0. The maximum Gasteiger partial charge on any atom is 0.335 e. The number of hydrogen-bond donors (Lipinski definition) is 2. The largest absolute Gasteiger partial charge is 0.488 e. The van der Waals surface area contributed by atoms with E-state index in [2.05, 4.69) is 21.2 Å². The Morgan fingerprint density at radius 2 is 1.86 bits per heavy atom. The van der Waals surface area contributed by atoms with Crippen molar-refractivity contribution in [2.24, 2.45) is 0 Å². The first-order chi connectivity index (χ1) is 13.8. The van der Waals surface area contributed by atoms with E-state index in [4.69, 9.17) is 9.84 Å². The number of barbiturate groups is 1. The fourth-order valence-corrected chi connectivity index (χ4v) is 3.05. The molecular formula is C20H15BrN2O6. The Kier molecular flexibility index (Phi) is 5.79. The minimum atomic E-state index is -0.995. The fourth-order valence-electron chi connectivity index (χ4n) is 2.54. The number of carboxylic acids is 1. The van der Waals surface area contributed by atoms with Crippen LogP contribution in [0.1, 0.15) is 21.5 Å². The van der Waals surface area contributed by atoms with Crippen LogP contribution in [-0.2, 0) is 16.2 Å². The van der Waals surface area contributed by atoms with Crippen molar-refractivity contribution >= 4 is 45.8 Å². The number of likely N-dealkylation sites (N-methyl/N-ethyl adjacent to an activating group) is 1. The van der Waals surface area contributed by atoms with Crippen LogP contribution in [0.15, 0.2) is 52.5 Å². The van der Waals surface area contributed by atoms with Gasteiger partial charge in [0.1, 0.15) is 17.9 Å². The van der Waals surface area contributed by atoms with E-state index in [1.807, 2.05) is 0 Å². The lowest BCUT2D eigenvalue weighted by atomic mass is 10.1. The van der Waals surface area contributed by atoms with Crippen molar-refractivity contribution in [3.05, 3.63) is 69.2 Å². The lowest BCUT2D eigenvalue weighted by Crippen LogP contribution is -2.52. The van der Waals surface area contributed by atoms with Gasteiger partial charge in [0.25, 0.3) is 11.8 Å². The maximum atomic E-state index is 12.1. The van der Waals surface area contributed by atoms with Crippen LogP contribution in [-0.4, -0.2) is 40.9 Å². The van der Waals surface area contributed by atoms with E-state index in [1.165, 1.54) is 25.3 Å². The summed E-state index contributed by atoms with van der Waals surface area (Å²) in [5.41, 5.74) is 1.41. The molecule has 0 unspecified atom stereocenters. The summed E-state index contributed by atoms with van der Waals surface area (Å²) >= 11 is 3.39. The minimum Gasteiger partial charge on any atom is -0.488 e. The molecule has 1 fully saturated rings. The second kappa shape index (κ2) is 8.27. The first kappa shape index (κ1) is 20.3. The average Bonchev–Trinajstić information content (AvgIpc) is 2.69. The molecule has 4 amide bonds. The molecule has 1 aliphatic heterocycles. The smallest absolute Gasteiger partial charge is 0.335 e. The van der Waals surface area contributed by atoms with E-state index >= 15 is 0 Å². The molecule has 0 aromatic heterocycles. The van der Waals surface area contributed by atoms with Crippen molar-refractivity contribution < 1.29 is 29.0 Å². The number of carbonyl (C=O) groups excluding carboxylic acids is 3. The highest BCUT2D eigenvalue weighted by Gasteiger charge is 2.32. The van der Waals surface area contributed by atoms with Gasteiger partial charge in [0.05, 0.1) is 10.0 Å². The molecule has 0 aliphatic carbocycles. The van der Waals surface area contributed by atoms with Crippen LogP contribution in [0.5, 0.6) is 5.75 Å². The number of rotatable bonds is 5. The van der Waals surface area contributed by atoms with E-state index in [0.29, 0.717) is 15.8 Å². The van der Waals surface area contributed by atoms with Crippen molar-refractivity contribution in [1.82, 2.24) is 10.2 Å². The molecule has 1 aliphatic rings. The van der Waals surface area contributed by atoms with Gasteiger partial charge in [-0.2, -0.15) is 0 Å². The van der Waals surface area contributed by atoms with Gasteiger partial charge in [0.15, 0.2) is 0 Å². The zero-order valence-electron chi connectivity index (χ0n) is 15.1. The number of nitrogens with zero attached hydrogens (tertiary/aromatic N) is 1. The average molecular weight is 459 g/mol. The van der Waals surface area contributed by atoms with Gasteiger partial charge in [-0.3, -0.25) is 19.8 Å². The van der Waals surface area contributed by atoms with E-state index in [9.17, 15) is 19.2 Å². The number of imide groups is 2. The van der Waals surface area contributed by atoms with Gasteiger partial charge in [-0.15, -0.1) is 0 Å². The van der Waals surface area contributed by atoms with E-state index in [-0.39, 0.29) is 17.7 Å². The van der Waals surface area contributed by atoms with Gasteiger partial charge < -0.3 is 9.84 Å². The first-order valence-corrected chi connectivity index (χ1v) is 9.15. The number of aromatic carboxylic acids is 1. The molecule has 0 bridgehead atoms. The predicted octanol–water partition coefficient (Wildman–Crippen LogP) is 2.82. The number of ether oxygens (including phenoxy) is 1. The highest BCUT2D eigenvalue weighted by molar-refractivity contribution is 9.10. The molecule has 3 rings (SSSR count). The third kappa shape index (κ3) is 4.52. The number of carbonyl (C=O) groups is 4. The summed E-state index contributed by atoms with van der Waals surface area (Å²) in [6, 6.07) is 10.6. The molecule has 8 nitrogen and oxygen atoms in total. The van der Waals surface area contributed by atoms with Gasteiger partial charge in [0.2, 0.25) is 0 Å². The molecule has 0 saturated carbocycles. The molecule has 1 heterocycles. The molecule has 1 saturated heterocycles. The summed E-state index contributed by atoms with van der Waals surface area (Å²) < 4.78 is 6.33. The Bertz CT molecular complexity index is 1050. The molecule has 0 spiro atoms. The van der Waals surface area contributed by atoms with Crippen molar-refractivity contribution in [2.45, 2.75) is 6.61 Å². The number of nitrogens with one attached hydrogen (secondary N) is 1. The van der Waals surface area contributed by atoms with E-state index in [1.54, 1.807) is 30.3 Å². The predicted molar refractivity (Wildman–Crippen MR) is 106 cm³/mol. The van der Waals surface area contributed by atoms with Gasteiger partial charge >= 0.3 is 12.0 Å². The van der Waals surface area contributed by atoms with Crippen LogP contribution in [0.4, 0.5) is 4.79 Å². The monoisotopic (exact) mass is 458 g/mol. The van der Waals surface area contributed by atoms with Crippen LogP contribution < -0.4 is 10.1 Å². The zero-order valence-corrected chi connectivity index (χ0v) is 16.7. The van der Waals surface area contributed by atoms with Gasteiger partial charge in [0, 0.05) is 7.05 Å². The summed E-state index contributed by atoms with van der Waals surface area (Å²) in [7, 11) is 1.29.